The molecule has 5 heteroatoms. The van der Waals surface area contributed by atoms with Crippen LogP contribution in [0.15, 0.2) is 29.4 Å². The monoisotopic (exact) mass is 248 g/mol. The molecule has 2 aromatic rings. The fourth-order valence-electron chi connectivity index (χ4n) is 1.98. The quantitative estimate of drug-likeness (QED) is 0.816. The van der Waals surface area contributed by atoms with Gasteiger partial charge in [0.15, 0.2) is 0 Å². The van der Waals surface area contributed by atoms with E-state index in [2.05, 4.69) is 47.4 Å². The average Bonchev–Trinajstić information content (AvgIpc) is 2.98. The number of hydrogen-bond acceptors (Lipinski definition) is 4. The van der Waals surface area contributed by atoms with Crippen LogP contribution in [-0.4, -0.2) is 26.7 Å². The van der Waals surface area contributed by atoms with Crippen molar-refractivity contribution in [3.05, 3.63) is 36.2 Å². The SMILES string of the molecule is CC(C)n1cncc1CN(C)[C@H](C)c1ccon1. The maximum absolute atomic E-state index is 4.89. The molecule has 2 heterocycles. The molecule has 0 bridgehead atoms. The minimum Gasteiger partial charge on any atom is -0.364 e. The minimum absolute atomic E-state index is 0.222. The van der Waals surface area contributed by atoms with E-state index in [0.717, 1.165) is 12.2 Å². The summed E-state index contributed by atoms with van der Waals surface area (Å²) < 4.78 is 7.08. The van der Waals surface area contributed by atoms with Crippen molar-refractivity contribution in [3.8, 4) is 0 Å². The first-order valence-corrected chi connectivity index (χ1v) is 6.20. The van der Waals surface area contributed by atoms with Crippen molar-refractivity contribution < 1.29 is 4.52 Å². The molecule has 0 unspecified atom stereocenters. The van der Waals surface area contributed by atoms with E-state index in [9.17, 15) is 0 Å². The second kappa shape index (κ2) is 5.35. The van der Waals surface area contributed by atoms with Crippen LogP contribution in [0.2, 0.25) is 0 Å². The van der Waals surface area contributed by atoms with E-state index in [1.807, 2.05) is 18.6 Å². The van der Waals surface area contributed by atoms with Gasteiger partial charge in [-0.3, -0.25) is 4.90 Å². The molecule has 0 amide bonds. The summed E-state index contributed by atoms with van der Waals surface area (Å²) in [5.41, 5.74) is 2.16. The zero-order valence-corrected chi connectivity index (χ0v) is 11.4. The van der Waals surface area contributed by atoms with Crippen LogP contribution in [0.1, 0.15) is 44.2 Å². The summed E-state index contributed by atoms with van der Waals surface area (Å²) in [6.45, 7) is 7.28. The van der Waals surface area contributed by atoms with E-state index in [-0.39, 0.29) is 6.04 Å². The lowest BCUT2D eigenvalue weighted by Crippen LogP contribution is -2.23. The fourth-order valence-corrected chi connectivity index (χ4v) is 1.98. The van der Waals surface area contributed by atoms with Crippen LogP contribution in [0.4, 0.5) is 0 Å². The highest BCUT2D eigenvalue weighted by Crippen LogP contribution is 2.19. The van der Waals surface area contributed by atoms with Crippen LogP contribution in [0, 0.1) is 0 Å². The van der Waals surface area contributed by atoms with Gasteiger partial charge in [0.2, 0.25) is 0 Å². The molecule has 0 aromatic carbocycles. The molecule has 0 spiro atoms. The highest BCUT2D eigenvalue weighted by molar-refractivity contribution is 5.04. The fraction of sp³-hybridized carbons (Fsp3) is 0.538. The Kier molecular flexibility index (Phi) is 3.81. The van der Waals surface area contributed by atoms with Gasteiger partial charge in [-0.1, -0.05) is 5.16 Å². The molecular formula is C13H20N4O. The number of hydrogen-bond donors (Lipinski definition) is 0. The molecule has 0 N–H and O–H groups in total. The third-order valence-corrected chi connectivity index (χ3v) is 3.26. The van der Waals surface area contributed by atoms with Crippen molar-refractivity contribution in [2.75, 3.05) is 7.05 Å². The van der Waals surface area contributed by atoms with E-state index in [0.29, 0.717) is 6.04 Å². The Balaban J connectivity index is 2.07. The lowest BCUT2D eigenvalue weighted by atomic mass is 10.2. The van der Waals surface area contributed by atoms with Gasteiger partial charge < -0.3 is 9.09 Å². The summed E-state index contributed by atoms with van der Waals surface area (Å²) in [5, 5.41) is 3.98. The summed E-state index contributed by atoms with van der Waals surface area (Å²) in [6, 6.07) is 2.55. The largest absolute Gasteiger partial charge is 0.364 e. The Morgan fingerprint density at radius 3 is 2.78 bits per heavy atom. The standard InChI is InChI=1S/C13H20N4O/c1-10(2)17-9-14-7-12(17)8-16(4)11(3)13-5-6-18-15-13/h5-7,9-11H,8H2,1-4H3/t11-/m1/s1. The van der Waals surface area contributed by atoms with Crippen LogP contribution in [-0.2, 0) is 6.54 Å². The number of rotatable bonds is 5. The van der Waals surface area contributed by atoms with Crippen LogP contribution in [0.5, 0.6) is 0 Å². The number of nitrogens with zero attached hydrogens (tertiary/aromatic N) is 4. The first-order valence-electron chi connectivity index (χ1n) is 6.20. The summed E-state index contributed by atoms with van der Waals surface area (Å²) in [5.74, 6) is 0. The van der Waals surface area contributed by atoms with Crippen LogP contribution >= 0.6 is 0 Å². The van der Waals surface area contributed by atoms with Gasteiger partial charge in [-0.05, 0) is 27.8 Å². The highest BCUT2D eigenvalue weighted by atomic mass is 16.5. The molecule has 18 heavy (non-hydrogen) atoms. The zero-order chi connectivity index (χ0) is 13.1. The molecule has 0 aliphatic heterocycles. The Labute approximate surface area is 107 Å². The second-order valence-electron chi connectivity index (χ2n) is 4.90. The lowest BCUT2D eigenvalue weighted by Gasteiger charge is -2.23. The molecule has 98 valence electrons. The van der Waals surface area contributed by atoms with Gasteiger partial charge in [-0.2, -0.15) is 0 Å². The van der Waals surface area contributed by atoms with Crippen LogP contribution < -0.4 is 0 Å². The number of aromatic nitrogens is 3. The van der Waals surface area contributed by atoms with Crippen molar-refractivity contribution >= 4 is 0 Å². The van der Waals surface area contributed by atoms with Crippen molar-refractivity contribution in [3.63, 3.8) is 0 Å². The van der Waals surface area contributed by atoms with Crippen LogP contribution in [0.3, 0.4) is 0 Å². The second-order valence-corrected chi connectivity index (χ2v) is 4.90. The summed E-state index contributed by atoms with van der Waals surface area (Å²) in [4.78, 5) is 6.45. The predicted molar refractivity (Wildman–Crippen MR) is 69.0 cm³/mol. The Morgan fingerprint density at radius 1 is 1.39 bits per heavy atom. The van der Waals surface area contributed by atoms with Gasteiger partial charge >= 0.3 is 0 Å². The molecule has 1 atom stereocenters. The summed E-state index contributed by atoms with van der Waals surface area (Å²) in [6.07, 6.45) is 5.42. The van der Waals surface area contributed by atoms with Gasteiger partial charge in [0.25, 0.3) is 0 Å². The van der Waals surface area contributed by atoms with E-state index < -0.39 is 0 Å². The lowest BCUT2D eigenvalue weighted by molar-refractivity contribution is 0.234. The van der Waals surface area contributed by atoms with E-state index >= 15 is 0 Å². The first kappa shape index (κ1) is 12.8. The Bertz CT molecular complexity index is 475. The van der Waals surface area contributed by atoms with E-state index in [1.54, 1.807) is 6.26 Å². The maximum atomic E-state index is 4.89. The maximum Gasteiger partial charge on any atom is 0.124 e. The van der Waals surface area contributed by atoms with Crippen molar-refractivity contribution in [2.45, 2.75) is 39.4 Å². The molecule has 0 saturated carbocycles. The van der Waals surface area contributed by atoms with Gasteiger partial charge in [0, 0.05) is 24.8 Å². The molecule has 0 fully saturated rings. The Hall–Kier alpha value is -1.62. The topological polar surface area (TPSA) is 47.1 Å². The third-order valence-electron chi connectivity index (χ3n) is 3.26. The van der Waals surface area contributed by atoms with Crippen molar-refractivity contribution in [2.24, 2.45) is 0 Å². The molecular weight excluding hydrogens is 228 g/mol. The average molecular weight is 248 g/mol. The molecule has 0 aliphatic rings. The predicted octanol–water partition coefficient (Wildman–Crippen LogP) is 2.65. The molecule has 0 saturated heterocycles. The molecule has 0 aliphatic carbocycles. The zero-order valence-electron chi connectivity index (χ0n) is 11.4. The highest BCUT2D eigenvalue weighted by Gasteiger charge is 2.16. The van der Waals surface area contributed by atoms with Gasteiger partial charge in [-0.25, -0.2) is 4.98 Å². The van der Waals surface area contributed by atoms with E-state index in [4.69, 9.17) is 4.52 Å². The first-order chi connectivity index (χ1) is 8.59. The Morgan fingerprint density at radius 2 is 2.17 bits per heavy atom. The van der Waals surface area contributed by atoms with Crippen molar-refractivity contribution in [1.82, 2.24) is 19.6 Å². The van der Waals surface area contributed by atoms with Gasteiger partial charge in [0.1, 0.15) is 12.0 Å². The van der Waals surface area contributed by atoms with Crippen molar-refractivity contribution in [1.29, 1.82) is 0 Å². The third kappa shape index (κ3) is 2.61. The molecule has 5 nitrogen and oxygen atoms in total. The minimum atomic E-state index is 0.222. The molecule has 2 aromatic heterocycles. The smallest absolute Gasteiger partial charge is 0.124 e. The normalized spacial score (nSPS) is 13.4. The van der Waals surface area contributed by atoms with Gasteiger partial charge in [-0.15, -0.1) is 0 Å². The number of imidazole rings is 1. The summed E-state index contributed by atoms with van der Waals surface area (Å²) >= 11 is 0. The van der Waals surface area contributed by atoms with Gasteiger partial charge in [0.05, 0.1) is 18.1 Å². The molecule has 0 radical (unpaired) electrons. The molecule has 2 rings (SSSR count). The van der Waals surface area contributed by atoms with Crippen LogP contribution in [0.25, 0.3) is 0 Å². The van der Waals surface area contributed by atoms with E-state index in [1.165, 1.54) is 5.69 Å². The summed E-state index contributed by atoms with van der Waals surface area (Å²) in [7, 11) is 2.08.